The molecule has 2 aromatic rings. The zero-order chi connectivity index (χ0) is 17.4. The Kier molecular flexibility index (Phi) is 6.69. The van der Waals surface area contributed by atoms with E-state index in [0.717, 1.165) is 24.2 Å². The van der Waals surface area contributed by atoms with Crippen LogP contribution in [-0.4, -0.2) is 49.5 Å². The third-order valence-electron chi connectivity index (χ3n) is 3.50. The molecule has 1 aromatic heterocycles. The first-order valence-electron chi connectivity index (χ1n) is 7.91. The molecule has 0 bridgehead atoms. The fraction of sp³-hybridized carbons (Fsp3) is 0.333. The maximum absolute atomic E-state index is 12.9. The molecule has 0 spiro atoms. The van der Waals surface area contributed by atoms with Crippen molar-refractivity contribution in [3.63, 3.8) is 0 Å². The molecule has 1 amide bonds. The summed E-state index contributed by atoms with van der Waals surface area (Å²) in [5.41, 5.74) is 2.37. The van der Waals surface area contributed by atoms with E-state index in [1.165, 1.54) is 12.1 Å². The Balaban J connectivity index is 1.83. The molecule has 0 aliphatic heterocycles. The van der Waals surface area contributed by atoms with E-state index in [2.05, 4.69) is 15.6 Å². The topological polar surface area (TPSA) is 57.3 Å². The SMILES string of the molecule is CN(C)CCNC(=O)c1cncc(NCCc2ccc(F)cc2)c1. The number of benzene rings is 1. The van der Waals surface area contributed by atoms with Gasteiger partial charge in [-0.15, -0.1) is 0 Å². The average molecular weight is 330 g/mol. The number of nitrogens with one attached hydrogen (secondary N) is 2. The number of carbonyl (C=O) groups excluding carboxylic acids is 1. The standard InChI is InChI=1S/C18H23FN4O/c1-23(2)10-9-22-18(24)15-11-17(13-20-12-15)21-8-7-14-3-5-16(19)6-4-14/h3-6,11-13,21H,7-10H2,1-2H3,(H,22,24). The first-order chi connectivity index (χ1) is 11.5. The van der Waals surface area contributed by atoms with E-state index < -0.39 is 0 Å². The molecule has 6 heteroatoms. The lowest BCUT2D eigenvalue weighted by Gasteiger charge is -2.11. The first-order valence-corrected chi connectivity index (χ1v) is 7.91. The molecule has 0 fully saturated rings. The lowest BCUT2D eigenvalue weighted by molar-refractivity contribution is 0.0950. The monoisotopic (exact) mass is 330 g/mol. The summed E-state index contributed by atoms with van der Waals surface area (Å²) in [6, 6.07) is 8.22. The lowest BCUT2D eigenvalue weighted by atomic mass is 10.1. The number of anilines is 1. The van der Waals surface area contributed by atoms with Gasteiger partial charge >= 0.3 is 0 Å². The summed E-state index contributed by atoms with van der Waals surface area (Å²) in [7, 11) is 3.92. The Morgan fingerprint density at radius 3 is 2.62 bits per heavy atom. The molecule has 1 aromatic carbocycles. The molecule has 5 nitrogen and oxygen atoms in total. The van der Waals surface area contributed by atoms with Crippen molar-refractivity contribution in [2.24, 2.45) is 0 Å². The van der Waals surface area contributed by atoms with Gasteiger partial charge < -0.3 is 15.5 Å². The smallest absolute Gasteiger partial charge is 0.252 e. The van der Waals surface area contributed by atoms with Gasteiger partial charge in [-0.25, -0.2) is 4.39 Å². The van der Waals surface area contributed by atoms with E-state index >= 15 is 0 Å². The first kappa shape index (κ1) is 17.9. The van der Waals surface area contributed by atoms with E-state index in [1.807, 2.05) is 19.0 Å². The van der Waals surface area contributed by atoms with Gasteiger partial charge in [0.25, 0.3) is 5.91 Å². The largest absolute Gasteiger partial charge is 0.383 e. The number of halogens is 1. The van der Waals surface area contributed by atoms with Gasteiger partial charge in [0.05, 0.1) is 11.3 Å². The number of aromatic nitrogens is 1. The molecular formula is C18H23FN4O. The van der Waals surface area contributed by atoms with Crippen molar-refractivity contribution in [3.05, 3.63) is 59.7 Å². The fourth-order valence-corrected chi connectivity index (χ4v) is 2.16. The van der Waals surface area contributed by atoms with Crippen molar-refractivity contribution in [2.75, 3.05) is 39.0 Å². The summed E-state index contributed by atoms with van der Waals surface area (Å²) >= 11 is 0. The number of likely N-dealkylation sites (N-methyl/N-ethyl adjacent to an activating group) is 1. The number of hydrogen-bond donors (Lipinski definition) is 2. The number of pyridine rings is 1. The summed E-state index contributed by atoms with van der Waals surface area (Å²) in [5, 5.41) is 6.09. The second-order valence-corrected chi connectivity index (χ2v) is 5.82. The van der Waals surface area contributed by atoms with Crippen molar-refractivity contribution in [1.82, 2.24) is 15.2 Å². The lowest BCUT2D eigenvalue weighted by Crippen LogP contribution is -2.31. The quantitative estimate of drug-likeness (QED) is 0.779. The molecule has 0 aliphatic carbocycles. The van der Waals surface area contributed by atoms with Gasteiger partial charge in [0.15, 0.2) is 0 Å². The number of carbonyl (C=O) groups is 1. The van der Waals surface area contributed by atoms with Crippen LogP contribution in [0.25, 0.3) is 0 Å². The molecular weight excluding hydrogens is 307 g/mol. The van der Waals surface area contributed by atoms with Gasteiger partial charge in [0, 0.05) is 32.0 Å². The highest BCUT2D eigenvalue weighted by atomic mass is 19.1. The van der Waals surface area contributed by atoms with Gasteiger partial charge in [-0.3, -0.25) is 9.78 Å². The molecule has 0 saturated carbocycles. The van der Waals surface area contributed by atoms with E-state index in [4.69, 9.17) is 0 Å². The zero-order valence-electron chi connectivity index (χ0n) is 14.1. The zero-order valence-corrected chi connectivity index (χ0v) is 14.1. The van der Waals surface area contributed by atoms with Crippen LogP contribution in [0.5, 0.6) is 0 Å². The van der Waals surface area contributed by atoms with Crippen LogP contribution >= 0.6 is 0 Å². The van der Waals surface area contributed by atoms with Crippen LogP contribution in [0.3, 0.4) is 0 Å². The van der Waals surface area contributed by atoms with E-state index in [0.29, 0.717) is 18.7 Å². The van der Waals surface area contributed by atoms with Crippen LogP contribution in [0.1, 0.15) is 15.9 Å². The average Bonchev–Trinajstić information content (AvgIpc) is 2.56. The van der Waals surface area contributed by atoms with Crippen molar-refractivity contribution in [2.45, 2.75) is 6.42 Å². The van der Waals surface area contributed by atoms with Crippen molar-refractivity contribution < 1.29 is 9.18 Å². The molecule has 2 N–H and O–H groups in total. The minimum atomic E-state index is -0.233. The number of amides is 1. The third-order valence-corrected chi connectivity index (χ3v) is 3.50. The predicted molar refractivity (Wildman–Crippen MR) is 93.7 cm³/mol. The second-order valence-electron chi connectivity index (χ2n) is 5.82. The fourth-order valence-electron chi connectivity index (χ4n) is 2.16. The number of rotatable bonds is 8. The Morgan fingerprint density at radius 1 is 1.17 bits per heavy atom. The van der Waals surface area contributed by atoms with Crippen molar-refractivity contribution >= 4 is 11.6 Å². The second kappa shape index (κ2) is 8.98. The normalized spacial score (nSPS) is 10.7. The van der Waals surface area contributed by atoms with E-state index in [1.54, 1.807) is 30.6 Å². The van der Waals surface area contributed by atoms with Gasteiger partial charge in [0.1, 0.15) is 5.82 Å². The van der Waals surface area contributed by atoms with Crippen molar-refractivity contribution in [3.8, 4) is 0 Å². The van der Waals surface area contributed by atoms with Crippen LogP contribution in [0.15, 0.2) is 42.7 Å². The molecule has 1 heterocycles. The number of nitrogens with zero attached hydrogens (tertiary/aromatic N) is 2. The molecule has 0 atom stereocenters. The molecule has 0 saturated heterocycles. The van der Waals surface area contributed by atoms with Crippen LogP contribution in [0.2, 0.25) is 0 Å². The van der Waals surface area contributed by atoms with E-state index in [9.17, 15) is 9.18 Å². The maximum atomic E-state index is 12.9. The molecule has 128 valence electrons. The Bertz CT molecular complexity index is 658. The highest BCUT2D eigenvalue weighted by Gasteiger charge is 2.06. The molecule has 24 heavy (non-hydrogen) atoms. The summed E-state index contributed by atoms with van der Waals surface area (Å²) in [5.74, 6) is -0.365. The molecule has 0 radical (unpaired) electrons. The predicted octanol–water partition coefficient (Wildman–Crippen LogP) is 2.17. The maximum Gasteiger partial charge on any atom is 0.252 e. The minimum absolute atomic E-state index is 0.133. The van der Waals surface area contributed by atoms with Gasteiger partial charge in [-0.2, -0.15) is 0 Å². The molecule has 2 rings (SSSR count). The van der Waals surface area contributed by atoms with Crippen LogP contribution < -0.4 is 10.6 Å². The Labute approximate surface area is 141 Å². The highest BCUT2D eigenvalue weighted by molar-refractivity contribution is 5.94. The van der Waals surface area contributed by atoms with Gasteiger partial charge in [-0.1, -0.05) is 12.1 Å². The molecule has 0 aliphatic rings. The van der Waals surface area contributed by atoms with Crippen molar-refractivity contribution in [1.29, 1.82) is 0 Å². The Hall–Kier alpha value is -2.47. The van der Waals surface area contributed by atoms with Crippen LogP contribution in [0, 0.1) is 5.82 Å². The van der Waals surface area contributed by atoms with E-state index in [-0.39, 0.29) is 11.7 Å². The number of hydrogen-bond acceptors (Lipinski definition) is 4. The minimum Gasteiger partial charge on any atom is -0.383 e. The molecule has 0 unspecified atom stereocenters. The van der Waals surface area contributed by atoms with Crippen LogP contribution in [-0.2, 0) is 6.42 Å². The Morgan fingerprint density at radius 2 is 1.92 bits per heavy atom. The van der Waals surface area contributed by atoms with Gasteiger partial charge in [0.2, 0.25) is 0 Å². The van der Waals surface area contributed by atoms with Gasteiger partial charge in [-0.05, 0) is 44.3 Å². The highest BCUT2D eigenvalue weighted by Crippen LogP contribution is 2.09. The summed E-state index contributed by atoms with van der Waals surface area (Å²) in [6.45, 7) is 2.06. The third kappa shape index (κ3) is 5.96. The summed E-state index contributed by atoms with van der Waals surface area (Å²) < 4.78 is 12.9. The van der Waals surface area contributed by atoms with Crippen LogP contribution in [0.4, 0.5) is 10.1 Å². The summed E-state index contributed by atoms with van der Waals surface area (Å²) in [4.78, 5) is 18.2. The summed E-state index contributed by atoms with van der Waals surface area (Å²) in [6.07, 6.45) is 4.00.